The Hall–Kier alpha value is -2.94. The number of para-hydroxylation sites is 1. The van der Waals surface area contributed by atoms with Crippen molar-refractivity contribution in [3.05, 3.63) is 101 Å². The van der Waals surface area contributed by atoms with Crippen LogP contribution in [0.5, 0.6) is 0 Å². The minimum absolute atomic E-state index is 0.156. The summed E-state index contributed by atoms with van der Waals surface area (Å²) in [6, 6.07) is 24.7. The van der Waals surface area contributed by atoms with Crippen molar-refractivity contribution in [1.82, 2.24) is 0 Å². The topological polar surface area (TPSA) is 15.6 Å². The van der Waals surface area contributed by atoms with E-state index in [4.69, 9.17) is 4.99 Å². The molecule has 1 aliphatic rings. The van der Waals surface area contributed by atoms with Gasteiger partial charge in [-0.1, -0.05) is 48.5 Å². The van der Waals surface area contributed by atoms with E-state index in [1.807, 2.05) is 42.5 Å². The van der Waals surface area contributed by atoms with Gasteiger partial charge >= 0.3 is 0 Å². The summed E-state index contributed by atoms with van der Waals surface area (Å²) in [6.07, 6.45) is 1.92. The summed E-state index contributed by atoms with van der Waals surface area (Å²) in [7, 11) is 0. The first-order chi connectivity index (χ1) is 11.3. The molecular weight excluding hydrogens is 287 g/mol. The Morgan fingerprint density at radius 3 is 2.26 bits per heavy atom. The van der Waals surface area contributed by atoms with Crippen LogP contribution in [0, 0.1) is 5.82 Å². The van der Waals surface area contributed by atoms with E-state index in [9.17, 15) is 4.39 Å². The van der Waals surface area contributed by atoms with Crippen molar-refractivity contribution >= 4 is 11.9 Å². The predicted octanol–water partition coefficient (Wildman–Crippen LogP) is 3.40. The molecule has 0 bridgehead atoms. The summed E-state index contributed by atoms with van der Waals surface area (Å²) in [4.78, 5) is 6.98. The van der Waals surface area contributed by atoms with Gasteiger partial charge in [0, 0.05) is 17.1 Å². The van der Waals surface area contributed by atoms with Crippen molar-refractivity contribution in [3.63, 3.8) is 0 Å². The molecule has 0 radical (unpaired) electrons. The molecule has 1 aliphatic heterocycles. The standard InChI is InChI=1S/C20H15FN2/c21-17-10-12-18(13-11-17)23-14-16-8-4-5-9-19(16)22-20(23)15-6-2-1-3-7-15/h1-14,20H. The van der Waals surface area contributed by atoms with Crippen molar-refractivity contribution in [2.45, 2.75) is 6.17 Å². The zero-order valence-corrected chi connectivity index (χ0v) is 12.4. The number of anilines is 1. The van der Waals surface area contributed by atoms with Gasteiger partial charge in [-0.05, 0) is 35.9 Å². The van der Waals surface area contributed by atoms with Crippen LogP contribution in [0.25, 0.3) is 6.20 Å². The van der Waals surface area contributed by atoms with Crippen molar-refractivity contribution in [2.75, 3.05) is 4.90 Å². The maximum absolute atomic E-state index is 13.3. The fourth-order valence-electron chi connectivity index (χ4n) is 2.82. The van der Waals surface area contributed by atoms with Gasteiger partial charge in [0.25, 0.3) is 0 Å². The smallest absolute Gasteiger partial charge is 0.151 e. The van der Waals surface area contributed by atoms with Gasteiger partial charge in [0.2, 0.25) is 0 Å². The van der Waals surface area contributed by atoms with E-state index in [0.29, 0.717) is 0 Å². The fourth-order valence-corrected chi connectivity index (χ4v) is 2.82. The molecule has 0 saturated carbocycles. The second-order valence-electron chi connectivity index (χ2n) is 5.49. The molecule has 0 aliphatic carbocycles. The van der Waals surface area contributed by atoms with Crippen LogP contribution in [-0.2, 0) is 0 Å². The average Bonchev–Trinajstić information content (AvgIpc) is 2.62. The van der Waals surface area contributed by atoms with Crippen molar-refractivity contribution in [2.24, 2.45) is 4.99 Å². The highest BCUT2D eigenvalue weighted by Gasteiger charge is 2.20. The monoisotopic (exact) mass is 302 g/mol. The lowest BCUT2D eigenvalue weighted by atomic mass is 10.1. The Morgan fingerprint density at radius 1 is 0.783 bits per heavy atom. The summed E-state index contributed by atoms with van der Waals surface area (Å²) in [6.45, 7) is 0. The molecule has 0 amide bonds. The first-order valence-corrected chi connectivity index (χ1v) is 7.55. The highest BCUT2D eigenvalue weighted by molar-refractivity contribution is 5.61. The van der Waals surface area contributed by atoms with Gasteiger partial charge < -0.3 is 4.90 Å². The van der Waals surface area contributed by atoms with E-state index in [1.165, 1.54) is 12.1 Å². The molecule has 1 heterocycles. The molecule has 0 aromatic heterocycles. The molecule has 0 saturated heterocycles. The van der Waals surface area contributed by atoms with Gasteiger partial charge in [-0.15, -0.1) is 0 Å². The minimum Gasteiger partial charge on any atom is -0.321 e. The van der Waals surface area contributed by atoms with Crippen LogP contribution in [0.4, 0.5) is 10.1 Å². The molecule has 1 atom stereocenters. The molecular formula is C20H15FN2. The van der Waals surface area contributed by atoms with Gasteiger partial charge in [0.15, 0.2) is 6.17 Å². The molecule has 0 N–H and O–H groups in total. The highest BCUT2D eigenvalue weighted by Crippen LogP contribution is 2.29. The molecule has 23 heavy (non-hydrogen) atoms. The van der Waals surface area contributed by atoms with Crippen molar-refractivity contribution in [1.29, 1.82) is 0 Å². The van der Waals surface area contributed by atoms with E-state index in [2.05, 4.69) is 23.2 Å². The van der Waals surface area contributed by atoms with Gasteiger partial charge in [0.1, 0.15) is 5.82 Å². The Kier molecular flexibility index (Phi) is 3.39. The number of benzene rings is 3. The van der Waals surface area contributed by atoms with Gasteiger partial charge in [-0.2, -0.15) is 0 Å². The molecule has 2 nitrogen and oxygen atoms in total. The normalized spacial score (nSPS) is 16.2. The van der Waals surface area contributed by atoms with E-state index in [1.54, 1.807) is 12.1 Å². The SMILES string of the molecule is Fc1ccc(N2C=c3ccccc3=NC2c2ccccc2)cc1. The molecule has 112 valence electrons. The number of nitrogens with zero attached hydrogens (tertiary/aromatic N) is 2. The van der Waals surface area contributed by atoms with E-state index >= 15 is 0 Å². The zero-order valence-electron chi connectivity index (χ0n) is 12.4. The molecule has 3 aromatic rings. The molecule has 0 spiro atoms. The minimum atomic E-state index is -0.237. The number of hydrogen-bond donors (Lipinski definition) is 0. The van der Waals surface area contributed by atoms with E-state index in [0.717, 1.165) is 21.8 Å². The molecule has 3 aromatic carbocycles. The highest BCUT2D eigenvalue weighted by atomic mass is 19.1. The van der Waals surface area contributed by atoms with Crippen LogP contribution in [0.1, 0.15) is 11.7 Å². The van der Waals surface area contributed by atoms with Gasteiger partial charge in [0.05, 0.1) is 5.36 Å². The first kappa shape index (κ1) is 13.7. The third-order valence-corrected chi connectivity index (χ3v) is 3.96. The Labute approximate surface area is 133 Å². The fraction of sp³-hybridized carbons (Fsp3) is 0.0500. The maximum Gasteiger partial charge on any atom is 0.151 e. The van der Waals surface area contributed by atoms with Crippen LogP contribution in [0.2, 0.25) is 0 Å². The lowest BCUT2D eigenvalue weighted by Crippen LogP contribution is -2.37. The number of halogens is 1. The van der Waals surface area contributed by atoms with Gasteiger partial charge in [-0.3, -0.25) is 4.99 Å². The molecule has 4 rings (SSSR count). The van der Waals surface area contributed by atoms with E-state index in [-0.39, 0.29) is 12.0 Å². The summed E-state index contributed by atoms with van der Waals surface area (Å²) >= 11 is 0. The predicted molar refractivity (Wildman–Crippen MR) is 89.8 cm³/mol. The number of fused-ring (bicyclic) bond motifs is 1. The Morgan fingerprint density at radius 2 is 1.48 bits per heavy atom. The Balaban J connectivity index is 1.90. The summed E-state index contributed by atoms with van der Waals surface area (Å²) in [5, 5.41) is 2.03. The van der Waals surface area contributed by atoms with Crippen LogP contribution in [0.3, 0.4) is 0 Å². The van der Waals surface area contributed by atoms with Gasteiger partial charge in [-0.25, -0.2) is 4.39 Å². The van der Waals surface area contributed by atoms with Crippen LogP contribution in [-0.4, -0.2) is 0 Å². The average molecular weight is 302 g/mol. The lowest BCUT2D eigenvalue weighted by Gasteiger charge is -2.30. The number of hydrogen-bond acceptors (Lipinski definition) is 2. The Bertz CT molecular complexity index is 933. The molecule has 1 unspecified atom stereocenters. The van der Waals surface area contributed by atoms with Crippen molar-refractivity contribution in [3.8, 4) is 0 Å². The van der Waals surface area contributed by atoms with E-state index < -0.39 is 0 Å². The third kappa shape index (κ3) is 2.61. The maximum atomic E-state index is 13.3. The number of rotatable bonds is 2. The summed E-state index contributed by atoms with van der Waals surface area (Å²) < 4.78 is 13.3. The second kappa shape index (κ2) is 5.69. The quantitative estimate of drug-likeness (QED) is 0.708. The lowest BCUT2D eigenvalue weighted by molar-refractivity contribution is 0.627. The van der Waals surface area contributed by atoms with Crippen LogP contribution >= 0.6 is 0 Å². The van der Waals surface area contributed by atoms with Crippen molar-refractivity contribution < 1.29 is 4.39 Å². The summed E-state index contributed by atoms with van der Waals surface area (Å²) in [5.74, 6) is -0.237. The molecule has 3 heteroatoms. The third-order valence-electron chi connectivity index (χ3n) is 3.96. The molecule has 0 fully saturated rings. The summed E-state index contributed by atoms with van der Waals surface area (Å²) in [5.41, 5.74) is 2.01. The zero-order chi connectivity index (χ0) is 15.6. The second-order valence-corrected chi connectivity index (χ2v) is 5.49. The van der Waals surface area contributed by atoms with Crippen LogP contribution < -0.4 is 15.5 Å². The first-order valence-electron chi connectivity index (χ1n) is 7.55. The largest absolute Gasteiger partial charge is 0.321 e. The van der Waals surface area contributed by atoms with Crippen LogP contribution in [0.15, 0.2) is 83.9 Å².